The van der Waals surface area contributed by atoms with Gasteiger partial charge in [-0.15, -0.1) is 0 Å². The fourth-order valence-electron chi connectivity index (χ4n) is 2.69. The van der Waals surface area contributed by atoms with Crippen LogP contribution in [0.2, 0.25) is 0 Å². The van der Waals surface area contributed by atoms with Gasteiger partial charge in [-0.25, -0.2) is 4.99 Å². The summed E-state index contributed by atoms with van der Waals surface area (Å²) in [6.07, 6.45) is 1.59. The molecule has 0 saturated heterocycles. The Morgan fingerprint density at radius 2 is 2.09 bits per heavy atom. The van der Waals surface area contributed by atoms with Gasteiger partial charge >= 0.3 is 5.97 Å². The number of amidine groups is 1. The largest absolute Gasteiger partial charge is 0.465 e. The molecule has 0 radical (unpaired) electrons. The molecule has 0 saturated carbocycles. The molecule has 2 aromatic rings. The van der Waals surface area contributed by atoms with Gasteiger partial charge in [0.05, 0.1) is 18.9 Å². The van der Waals surface area contributed by atoms with Crippen molar-refractivity contribution in [1.82, 2.24) is 4.90 Å². The lowest BCUT2D eigenvalue weighted by molar-refractivity contribution is -0.143. The Morgan fingerprint density at radius 3 is 2.74 bits per heavy atom. The van der Waals surface area contributed by atoms with Crippen molar-refractivity contribution in [2.24, 2.45) is 4.99 Å². The monoisotopic (exact) mass is 330 g/mol. The Bertz CT molecular complexity index is 685. The fraction of sp³-hybridized carbons (Fsp3) is 0.294. The lowest BCUT2D eigenvalue weighted by Gasteiger charge is -2.28. The number of hydrogen-bond acceptors (Lipinski definition) is 6. The first-order valence-corrected chi connectivity index (χ1v) is 7.99. The first-order valence-electron chi connectivity index (χ1n) is 7.47. The highest BCUT2D eigenvalue weighted by molar-refractivity contribution is 7.81. The second-order valence-electron chi connectivity index (χ2n) is 5.13. The maximum atomic E-state index is 12.0. The molecule has 2 atom stereocenters. The van der Waals surface area contributed by atoms with Gasteiger partial charge in [-0.05, 0) is 24.6 Å². The minimum atomic E-state index is -0.296. The number of hydrogen-bond donors (Lipinski definition) is 1. The summed E-state index contributed by atoms with van der Waals surface area (Å²) in [5.74, 6) is 0.943. The molecule has 120 valence electrons. The van der Waals surface area contributed by atoms with Crippen molar-refractivity contribution in [3.63, 3.8) is 0 Å². The van der Waals surface area contributed by atoms with Crippen molar-refractivity contribution < 1.29 is 13.9 Å². The summed E-state index contributed by atoms with van der Waals surface area (Å²) >= 11 is 4.60. The minimum absolute atomic E-state index is 0.101. The summed E-state index contributed by atoms with van der Waals surface area (Å²) in [5, 5.41) is -0.285. The molecular weight excluding hydrogens is 312 g/mol. The van der Waals surface area contributed by atoms with Crippen LogP contribution in [0.1, 0.15) is 24.3 Å². The lowest BCUT2D eigenvalue weighted by atomic mass is 10.1. The van der Waals surface area contributed by atoms with Crippen molar-refractivity contribution >= 4 is 24.4 Å². The molecule has 0 aliphatic carbocycles. The highest BCUT2D eigenvalue weighted by atomic mass is 32.1. The number of thiol groups is 1. The van der Waals surface area contributed by atoms with E-state index in [-0.39, 0.29) is 23.9 Å². The third-order valence-corrected chi connectivity index (χ3v) is 4.03. The molecule has 1 aliphatic rings. The number of benzene rings is 1. The second-order valence-corrected chi connectivity index (χ2v) is 5.66. The number of aliphatic imine (C=N–C) groups is 1. The Kier molecular flexibility index (Phi) is 4.71. The molecule has 6 heteroatoms. The third-order valence-electron chi connectivity index (χ3n) is 3.63. The topological polar surface area (TPSA) is 55.0 Å². The van der Waals surface area contributed by atoms with Gasteiger partial charge in [-0.1, -0.05) is 30.3 Å². The quantitative estimate of drug-likeness (QED) is 0.676. The maximum absolute atomic E-state index is 12.0. The zero-order valence-corrected chi connectivity index (χ0v) is 13.6. The van der Waals surface area contributed by atoms with Crippen molar-refractivity contribution in [2.45, 2.75) is 18.3 Å². The Labute approximate surface area is 140 Å². The predicted molar refractivity (Wildman–Crippen MR) is 90.5 cm³/mol. The van der Waals surface area contributed by atoms with Crippen LogP contribution < -0.4 is 0 Å². The number of carbonyl (C=O) groups excluding carboxylic acids is 1. The van der Waals surface area contributed by atoms with Gasteiger partial charge in [0.2, 0.25) is 0 Å². The molecule has 2 unspecified atom stereocenters. The van der Waals surface area contributed by atoms with Gasteiger partial charge in [0.1, 0.15) is 11.9 Å². The second kappa shape index (κ2) is 6.91. The zero-order valence-electron chi connectivity index (χ0n) is 12.8. The van der Waals surface area contributed by atoms with E-state index in [2.05, 4.69) is 17.6 Å². The first-order chi connectivity index (χ1) is 11.2. The van der Waals surface area contributed by atoms with Crippen LogP contribution in [-0.2, 0) is 9.53 Å². The standard InChI is InChI=1S/C17H18N2O3S/c1-2-21-14(20)11-19-15(12-7-4-3-5-8-12)17(23)18-16(19)13-9-6-10-22-13/h3-10,15,17,23H,2,11H2,1H3. The van der Waals surface area contributed by atoms with Crippen LogP contribution in [0.3, 0.4) is 0 Å². The summed E-state index contributed by atoms with van der Waals surface area (Å²) in [5.41, 5.74) is 1.04. The molecule has 0 N–H and O–H groups in total. The molecule has 1 aromatic carbocycles. The summed E-state index contributed by atoms with van der Waals surface area (Å²) < 4.78 is 10.6. The van der Waals surface area contributed by atoms with Crippen molar-refractivity contribution in [3.05, 3.63) is 60.1 Å². The average Bonchev–Trinajstić information content (AvgIpc) is 3.16. The molecular formula is C17H18N2O3S. The smallest absolute Gasteiger partial charge is 0.325 e. The van der Waals surface area contributed by atoms with E-state index in [9.17, 15) is 4.79 Å². The normalized spacial score (nSPS) is 20.4. The SMILES string of the molecule is CCOC(=O)CN1C(c2ccco2)=NC(S)C1c1ccccc1. The number of ether oxygens (including phenoxy) is 1. The lowest BCUT2D eigenvalue weighted by Crippen LogP contribution is -2.37. The van der Waals surface area contributed by atoms with E-state index in [1.807, 2.05) is 41.3 Å². The van der Waals surface area contributed by atoms with Crippen LogP contribution in [0.5, 0.6) is 0 Å². The number of carbonyl (C=O) groups is 1. The van der Waals surface area contributed by atoms with E-state index in [0.717, 1.165) is 5.56 Å². The molecule has 5 nitrogen and oxygen atoms in total. The minimum Gasteiger partial charge on any atom is -0.465 e. The van der Waals surface area contributed by atoms with Gasteiger partial charge in [-0.3, -0.25) is 4.79 Å². The summed E-state index contributed by atoms with van der Waals surface area (Å²) in [6, 6.07) is 13.4. The van der Waals surface area contributed by atoms with E-state index in [4.69, 9.17) is 9.15 Å². The van der Waals surface area contributed by atoms with Gasteiger partial charge in [-0.2, -0.15) is 12.6 Å². The third kappa shape index (κ3) is 3.27. The van der Waals surface area contributed by atoms with Gasteiger partial charge in [0.25, 0.3) is 0 Å². The molecule has 0 fully saturated rings. The predicted octanol–water partition coefficient (Wildman–Crippen LogP) is 2.90. The number of nitrogens with zero attached hydrogens (tertiary/aromatic N) is 2. The molecule has 0 bridgehead atoms. The van der Waals surface area contributed by atoms with Crippen LogP contribution in [0.4, 0.5) is 0 Å². The Balaban J connectivity index is 1.94. The van der Waals surface area contributed by atoms with Crippen molar-refractivity contribution in [3.8, 4) is 0 Å². The number of rotatable bonds is 5. The number of furan rings is 1. The van der Waals surface area contributed by atoms with E-state index < -0.39 is 0 Å². The molecule has 1 aliphatic heterocycles. The average molecular weight is 330 g/mol. The first kappa shape index (κ1) is 15.7. The molecule has 1 aromatic heterocycles. The van der Waals surface area contributed by atoms with Gasteiger partial charge < -0.3 is 14.1 Å². The summed E-state index contributed by atoms with van der Waals surface area (Å²) in [6.45, 7) is 2.24. The van der Waals surface area contributed by atoms with E-state index in [0.29, 0.717) is 18.2 Å². The van der Waals surface area contributed by atoms with Crippen LogP contribution in [0.15, 0.2) is 58.1 Å². The molecule has 0 amide bonds. The van der Waals surface area contributed by atoms with E-state index >= 15 is 0 Å². The van der Waals surface area contributed by atoms with Crippen molar-refractivity contribution in [2.75, 3.05) is 13.2 Å². The fourth-order valence-corrected chi connectivity index (χ4v) is 3.14. The molecule has 2 heterocycles. The van der Waals surface area contributed by atoms with Crippen LogP contribution in [0.25, 0.3) is 0 Å². The highest BCUT2D eigenvalue weighted by Crippen LogP contribution is 2.35. The maximum Gasteiger partial charge on any atom is 0.325 e. The van der Waals surface area contributed by atoms with E-state index in [1.165, 1.54) is 0 Å². The van der Waals surface area contributed by atoms with Crippen LogP contribution in [0, 0.1) is 0 Å². The van der Waals surface area contributed by atoms with Crippen molar-refractivity contribution in [1.29, 1.82) is 0 Å². The van der Waals surface area contributed by atoms with Crippen LogP contribution >= 0.6 is 12.6 Å². The van der Waals surface area contributed by atoms with Crippen LogP contribution in [-0.4, -0.2) is 35.2 Å². The summed E-state index contributed by atoms with van der Waals surface area (Å²) in [4.78, 5) is 18.5. The Hall–Kier alpha value is -2.21. The van der Waals surface area contributed by atoms with Gasteiger partial charge in [0, 0.05) is 0 Å². The van der Waals surface area contributed by atoms with E-state index in [1.54, 1.807) is 19.3 Å². The number of esters is 1. The van der Waals surface area contributed by atoms with Gasteiger partial charge in [0.15, 0.2) is 11.6 Å². The molecule has 3 rings (SSSR count). The Morgan fingerprint density at radius 1 is 1.30 bits per heavy atom. The summed E-state index contributed by atoms with van der Waals surface area (Å²) in [7, 11) is 0. The molecule has 23 heavy (non-hydrogen) atoms. The molecule has 0 spiro atoms. The highest BCUT2D eigenvalue weighted by Gasteiger charge is 2.38. The zero-order chi connectivity index (χ0) is 16.2.